The molecule has 0 aliphatic carbocycles. The lowest BCUT2D eigenvalue weighted by molar-refractivity contribution is 0.768. The van der Waals surface area contributed by atoms with Gasteiger partial charge in [-0.1, -0.05) is 0 Å². The van der Waals surface area contributed by atoms with Crippen LogP contribution in [0.4, 0.5) is 5.82 Å². The molecule has 6 heteroatoms. The van der Waals surface area contributed by atoms with Crippen molar-refractivity contribution in [2.45, 2.75) is 0 Å². The molecular formula is C10H10N6. The minimum Gasteiger partial charge on any atom is -0.381 e. The summed E-state index contributed by atoms with van der Waals surface area (Å²) in [4.78, 5) is 8.24. The Balaban J connectivity index is 2.29. The standard InChI is InChI=1S/C10H10N6/c1-15-6-7(4-14-15)8-5-13-10-9(11)12-2-3-16(8)10/h2-6H,1H3,(H2,11,12). The highest BCUT2D eigenvalue weighted by atomic mass is 15.2. The van der Waals surface area contributed by atoms with Gasteiger partial charge in [0.15, 0.2) is 11.5 Å². The normalized spacial score (nSPS) is 11.1. The molecule has 2 N–H and O–H groups in total. The minimum atomic E-state index is 0.428. The fourth-order valence-electron chi connectivity index (χ4n) is 1.71. The predicted octanol–water partition coefficient (Wildman–Crippen LogP) is 0.712. The first kappa shape index (κ1) is 8.90. The summed E-state index contributed by atoms with van der Waals surface area (Å²) >= 11 is 0. The van der Waals surface area contributed by atoms with Gasteiger partial charge in [0.1, 0.15) is 0 Å². The molecule has 0 atom stereocenters. The van der Waals surface area contributed by atoms with Gasteiger partial charge in [0.2, 0.25) is 0 Å². The van der Waals surface area contributed by atoms with Gasteiger partial charge in [-0.25, -0.2) is 9.97 Å². The van der Waals surface area contributed by atoms with Gasteiger partial charge in [-0.2, -0.15) is 5.10 Å². The van der Waals surface area contributed by atoms with Crippen molar-refractivity contribution in [3.05, 3.63) is 31.0 Å². The minimum absolute atomic E-state index is 0.428. The number of rotatable bonds is 1. The van der Waals surface area contributed by atoms with E-state index in [9.17, 15) is 0 Å². The highest BCUT2D eigenvalue weighted by Crippen LogP contribution is 2.21. The third-order valence-electron chi connectivity index (χ3n) is 2.46. The summed E-state index contributed by atoms with van der Waals surface area (Å²) in [7, 11) is 1.88. The molecule has 6 nitrogen and oxygen atoms in total. The quantitative estimate of drug-likeness (QED) is 0.647. The van der Waals surface area contributed by atoms with Gasteiger partial charge in [0.05, 0.1) is 18.1 Å². The lowest BCUT2D eigenvalue weighted by atomic mass is 10.3. The van der Waals surface area contributed by atoms with E-state index in [1.54, 1.807) is 23.3 Å². The zero-order valence-corrected chi connectivity index (χ0v) is 8.70. The second-order valence-electron chi connectivity index (χ2n) is 3.55. The van der Waals surface area contributed by atoms with E-state index >= 15 is 0 Å². The molecule has 0 spiro atoms. The van der Waals surface area contributed by atoms with E-state index in [1.165, 1.54) is 0 Å². The Kier molecular flexibility index (Phi) is 1.70. The number of nitrogen functional groups attached to an aromatic ring is 1. The summed E-state index contributed by atoms with van der Waals surface area (Å²) in [6.07, 6.45) is 8.98. The van der Waals surface area contributed by atoms with Crippen LogP contribution < -0.4 is 5.73 Å². The number of anilines is 1. The summed E-state index contributed by atoms with van der Waals surface area (Å²) in [6, 6.07) is 0. The first-order valence-electron chi connectivity index (χ1n) is 4.82. The summed E-state index contributed by atoms with van der Waals surface area (Å²) in [5, 5.41) is 4.13. The number of fused-ring (bicyclic) bond motifs is 1. The lowest BCUT2D eigenvalue weighted by Crippen LogP contribution is -1.96. The smallest absolute Gasteiger partial charge is 0.180 e. The maximum absolute atomic E-state index is 5.74. The number of imidazole rings is 1. The molecule has 0 saturated carbocycles. The molecule has 3 aromatic rings. The van der Waals surface area contributed by atoms with Crippen LogP contribution in [0.5, 0.6) is 0 Å². The second kappa shape index (κ2) is 3.06. The van der Waals surface area contributed by atoms with Gasteiger partial charge in [-0.3, -0.25) is 9.08 Å². The Labute approximate surface area is 91.4 Å². The number of aryl methyl sites for hydroxylation is 1. The Morgan fingerprint density at radius 3 is 2.88 bits per heavy atom. The van der Waals surface area contributed by atoms with Crippen LogP contribution in [0, 0.1) is 0 Å². The maximum atomic E-state index is 5.74. The van der Waals surface area contributed by atoms with Crippen LogP contribution in [0.1, 0.15) is 0 Å². The van der Waals surface area contributed by atoms with Crippen molar-refractivity contribution < 1.29 is 0 Å². The molecule has 3 heterocycles. The zero-order chi connectivity index (χ0) is 11.1. The zero-order valence-electron chi connectivity index (χ0n) is 8.70. The molecule has 0 radical (unpaired) electrons. The van der Waals surface area contributed by atoms with Crippen molar-refractivity contribution in [1.82, 2.24) is 24.1 Å². The van der Waals surface area contributed by atoms with Crippen LogP contribution in [0.25, 0.3) is 16.9 Å². The third kappa shape index (κ3) is 1.16. The molecule has 3 rings (SSSR count). The average Bonchev–Trinajstić information content (AvgIpc) is 2.84. The van der Waals surface area contributed by atoms with E-state index in [0.717, 1.165) is 11.3 Å². The van der Waals surface area contributed by atoms with Crippen LogP contribution in [0.3, 0.4) is 0 Å². The molecule has 0 fully saturated rings. The molecule has 3 aromatic heterocycles. The van der Waals surface area contributed by atoms with Crippen molar-refractivity contribution in [1.29, 1.82) is 0 Å². The maximum Gasteiger partial charge on any atom is 0.180 e. The Morgan fingerprint density at radius 1 is 1.25 bits per heavy atom. The van der Waals surface area contributed by atoms with Crippen LogP contribution in [-0.4, -0.2) is 24.1 Å². The van der Waals surface area contributed by atoms with Crippen molar-refractivity contribution >= 4 is 11.5 Å². The number of aromatic nitrogens is 5. The van der Waals surface area contributed by atoms with Gasteiger partial charge < -0.3 is 5.73 Å². The largest absolute Gasteiger partial charge is 0.381 e. The monoisotopic (exact) mass is 214 g/mol. The van der Waals surface area contributed by atoms with E-state index in [2.05, 4.69) is 15.1 Å². The Hall–Kier alpha value is -2.37. The number of nitrogens with two attached hydrogens (primary N) is 1. The van der Waals surface area contributed by atoms with E-state index in [1.807, 2.05) is 23.8 Å². The van der Waals surface area contributed by atoms with Gasteiger partial charge in [-0.15, -0.1) is 0 Å². The molecule has 0 bridgehead atoms. The lowest BCUT2D eigenvalue weighted by Gasteiger charge is -1.99. The van der Waals surface area contributed by atoms with E-state index in [0.29, 0.717) is 11.5 Å². The molecule has 0 aliphatic heterocycles. The van der Waals surface area contributed by atoms with E-state index < -0.39 is 0 Å². The summed E-state index contributed by atoms with van der Waals surface area (Å²) in [6.45, 7) is 0. The van der Waals surface area contributed by atoms with E-state index in [4.69, 9.17) is 5.73 Å². The molecule has 0 unspecified atom stereocenters. The van der Waals surface area contributed by atoms with Crippen LogP contribution in [0.15, 0.2) is 31.0 Å². The molecule has 80 valence electrons. The van der Waals surface area contributed by atoms with Gasteiger partial charge >= 0.3 is 0 Å². The molecule has 0 aliphatic rings. The summed E-state index contributed by atoms with van der Waals surface area (Å²) < 4.78 is 3.65. The molecular weight excluding hydrogens is 204 g/mol. The topological polar surface area (TPSA) is 74.0 Å². The first-order chi connectivity index (χ1) is 7.75. The van der Waals surface area contributed by atoms with Crippen LogP contribution >= 0.6 is 0 Å². The van der Waals surface area contributed by atoms with Crippen molar-refractivity contribution in [3.8, 4) is 11.3 Å². The third-order valence-corrected chi connectivity index (χ3v) is 2.46. The molecule has 0 aromatic carbocycles. The Bertz CT molecular complexity index is 650. The van der Waals surface area contributed by atoms with E-state index in [-0.39, 0.29) is 0 Å². The summed E-state index contributed by atoms with van der Waals surface area (Å²) in [5.41, 5.74) is 8.36. The Morgan fingerprint density at radius 2 is 2.12 bits per heavy atom. The average molecular weight is 214 g/mol. The van der Waals surface area contributed by atoms with Gasteiger partial charge in [0, 0.05) is 31.2 Å². The molecule has 0 amide bonds. The predicted molar refractivity (Wildman–Crippen MR) is 59.6 cm³/mol. The van der Waals surface area contributed by atoms with Crippen molar-refractivity contribution in [2.24, 2.45) is 7.05 Å². The van der Waals surface area contributed by atoms with Crippen LogP contribution in [-0.2, 0) is 7.05 Å². The van der Waals surface area contributed by atoms with Gasteiger partial charge in [0.25, 0.3) is 0 Å². The fourth-order valence-corrected chi connectivity index (χ4v) is 1.71. The fraction of sp³-hybridized carbons (Fsp3) is 0.100. The summed E-state index contributed by atoms with van der Waals surface area (Å²) in [5.74, 6) is 0.428. The van der Waals surface area contributed by atoms with Gasteiger partial charge in [-0.05, 0) is 0 Å². The van der Waals surface area contributed by atoms with Crippen molar-refractivity contribution in [2.75, 3.05) is 5.73 Å². The highest BCUT2D eigenvalue weighted by molar-refractivity contribution is 5.68. The highest BCUT2D eigenvalue weighted by Gasteiger charge is 2.09. The SMILES string of the molecule is Cn1cc(-c2cnc3c(N)nccn23)cn1. The number of nitrogens with zero attached hydrogens (tertiary/aromatic N) is 5. The van der Waals surface area contributed by atoms with Crippen LogP contribution in [0.2, 0.25) is 0 Å². The first-order valence-corrected chi connectivity index (χ1v) is 4.82. The molecule has 16 heavy (non-hydrogen) atoms. The number of hydrogen-bond acceptors (Lipinski definition) is 4. The molecule has 0 saturated heterocycles. The number of hydrogen-bond donors (Lipinski definition) is 1. The second-order valence-corrected chi connectivity index (χ2v) is 3.55. The van der Waals surface area contributed by atoms with Crippen molar-refractivity contribution in [3.63, 3.8) is 0 Å².